The average molecular weight is 964 g/mol. The van der Waals surface area contributed by atoms with Crippen molar-refractivity contribution >= 4 is 37.4 Å². The number of β-lactam (4-membered cyclic amide) rings is 2. The van der Waals surface area contributed by atoms with Gasteiger partial charge in [-0.2, -0.15) is 0 Å². The fourth-order valence-corrected chi connectivity index (χ4v) is 7.91. The molecular formula is C52H53BN2NaO14. The molecule has 6 aromatic rings. The average Bonchev–Trinajstić information content (AvgIpc) is 3.39. The summed E-state index contributed by atoms with van der Waals surface area (Å²) in [6.45, 7) is 0.679. The zero-order valence-electron chi connectivity index (χ0n) is 41.4. The molecule has 0 saturated carbocycles. The van der Waals surface area contributed by atoms with Crippen molar-refractivity contribution < 1.29 is 97.8 Å². The number of carbonyl (C=O) groups excluding carboxylic acids is 3. The summed E-state index contributed by atoms with van der Waals surface area (Å²) in [5.41, 5.74) is 4.26. The first-order valence-corrected chi connectivity index (χ1v) is 21.2. The van der Waals surface area contributed by atoms with Gasteiger partial charge in [-0.15, -0.1) is 0 Å². The molecule has 70 heavy (non-hydrogen) atoms. The minimum atomic E-state index is -1.20. The van der Waals surface area contributed by atoms with Gasteiger partial charge in [0.2, 0.25) is 17.3 Å². The van der Waals surface area contributed by atoms with Crippen molar-refractivity contribution in [2.75, 3.05) is 66.7 Å². The third-order valence-corrected chi connectivity index (χ3v) is 11.4. The summed E-state index contributed by atoms with van der Waals surface area (Å²) >= 11 is 0. The van der Waals surface area contributed by atoms with Gasteiger partial charge in [0, 0.05) is 32.7 Å². The Morgan fingerprint density at radius 1 is 0.471 bits per heavy atom. The molecule has 2 heterocycles. The topological polar surface area (TPSA) is 170 Å². The van der Waals surface area contributed by atoms with Gasteiger partial charge in [0.1, 0.15) is 19.3 Å². The Bertz CT molecular complexity index is 2720. The molecule has 3 radical (unpaired) electrons. The van der Waals surface area contributed by atoms with Crippen molar-refractivity contribution in [3.05, 3.63) is 144 Å². The van der Waals surface area contributed by atoms with E-state index in [9.17, 15) is 19.5 Å². The van der Waals surface area contributed by atoms with Crippen LogP contribution in [-0.2, 0) is 27.6 Å². The SMILES string of the molecule is COc1ccc([C@H]2C(=O)C(=O)N2c2cc(OC)c(OC)c(OC)c2)cc1OCc1ccccc1.COc1ccc([C@H]2[C@@H](O)C(=O)N2c2cc(OC)c(OC)c(OC)c2)cc1OCc1ccccc1.[B].[H-].[Na+]. The molecule has 2 fully saturated rings. The van der Waals surface area contributed by atoms with Gasteiger partial charge in [-0.25, -0.2) is 0 Å². The maximum absolute atomic E-state index is 12.7. The predicted octanol–water partition coefficient (Wildman–Crippen LogP) is 4.44. The van der Waals surface area contributed by atoms with E-state index in [0.717, 1.165) is 11.1 Å². The minimum absolute atomic E-state index is 0. The molecule has 2 aliphatic heterocycles. The quantitative estimate of drug-likeness (QED) is 0.0729. The number of carbonyl (C=O) groups is 3. The molecule has 6 aromatic carbocycles. The van der Waals surface area contributed by atoms with Crippen molar-refractivity contribution in [3.8, 4) is 57.5 Å². The largest absolute Gasteiger partial charge is 1.00 e. The fraction of sp³-hybridized carbons (Fsp3) is 0.250. The van der Waals surface area contributed by atoms with Crippen molar-refractivity contribution in [2.24, 2.45) is 0 Å². The smallest absolute Gasteiger partial charge is 1.00 e. The summed E-state index contributed by atoms with van der Waals surface area (Å²) in [5.74, 6) is 2.88. The van der Waals surface area contributed by atoms with Gasteiger partial charge in [0.25, 0.3) is 11.8 Å². The van der Waals surface area contributed by atoms with E-state index in [4.69, 9.17) is 47.4 Å². The van der Waals surface area contributed by atoms with Crippen LogP contribution in [0.25, 0.3) is 0 Å². The van der Waals surface area contributed by atoms with Crippen molar-refractivity contribution in [3.63, 3.8) is 0 Å². The second kappa shape index (κ2) is 24.5. The summed E-state index contributed by atoms with van der Waals surface area (Å²) in [7, 11) is 12.1. The van der Waals surface area contributed by atoms with Gasteiger partial charge in [-0.3, -0.25) is 24.2 Å². The van der Waals surface area contributed by atoms with Crippen molar-refractivity contribution in [1.82, 2.24) is 0 Å². The number of Topliss-reactive ketones (excluding diaryl/α,β-unsaturated/α-hetero) is 1. The van der Waals surface area contributed by atoms with E-state index < -0.39 is 35.8 Å². The van der Waals surface area contributed by atoms with Gasteiger partial charge in [0.15, 0.2) is 52.1 Å². The first kappa shape index (κ1) is 53.9. The van der Waals surface area contributed by atoms with Crippen LogP contribution in [0.15, 0.2) is 121 Å². The number of ketones is 1. The van der Waals surface area contributed by atoms with Gasteiger partial charge in [-0.05, 0) is 46.5 Å². The van der Waals surface area contributed by atoms with E-state index in [1.165, 1.54) is 52.5 Å². The van der Waals surface area contributed by atoms with Crippen LogP contribution in [0.5, 0.6) is 57.5 Å². The monoisotopic (exact) mass is 963 g/mol. The van der Waals surface area contributed by atoms with Crippen LogP contribution in [0.2, 0.25) is 0 Å². The van der Waals surface area contributed by atoms with Crippen LogP contribution in [0, 0.1) is 0 Å². The number of benzene rings is 6. The molecule has 2 saturated heterocycles. The van der Waals surface area contributed by atoms with Gasteiger partial charge >= 0.3 is 29.6 Å². The van der Waals surface area contributed by atoms with E-state index >= 15 is 0 Å². The number of nitrogens with zero attached hydrogens (tertiary/aromatic N) is 2. The molecule has 8 rings (SSSR count). The Hall–Kier alpha value is -7.05. The number of amides is 2. The summed E-state index contributed by atoms with van der Waals surface area (Å²) in [5, 5.41) is 10.6. The second-order valence-corrected chi connectivity index (χ2v) is 15.2. The van der Waals surface area contributed by atoms with Crippen LogP contribution in [-0.4, -0.2) is 94.1 Å². The molecule has 0 bridgehead atoms. The van der Waals surface area contributed by atoms with Crippen LogP contribution >= 0.6 is 0 Å². The third kappa shape index (κ3) is 11.0. The first-order chi connectivity index (χ1) is 33.0. The summed E-state index contributed by atoms with van der Waals surface area (Å²) < 4.78 is 55.3. The summed E-state index contributed by atoms with van der Waals surface area (Å²) in [4.78, 5) is 40.9. The molecule has 359 valence electrons. The molecule has 1 N–H and O–H groups in total. The molecule has 18 heteroatoms. The zero-order valence-corrected chi connectivity index (χ0v) is 42.4. The zero-order chi connectivity index (χ0) is 48.5. The van der Waals surface area contributed by atoms with Crippen LogP contribution in [0.4, 0.5) is 11.4 Å². The Kier molecular flexibility index (Phi) is 18.9. The molecule has 0 aromatic heterocycles. The predicted molar refractivity (Wildman–Crippen MR) is 258 cm³/mol. The van der Waals surface area contributed by atoms with Crippen LogP contribution in [0.1, 0.15) is 35.8 Å². The molecule has 2 aliphatic rings. The minimum Gasteiger partial charge on any atom is -1.00 e. The Morgan fingerprint density at radius 2 is 0.857 bits per heavy atom. The van der Waals surface area contributed by atoms with Gasteiger partial charge in [-0.1, -0.05) is 72.8 Å². The van der Waals surface area contributed by atoms with E-state index in [-0.39, 0.29) is 39.4 Å². The van der Waals surface area contributed by atoms with E-state index in [1.54, 1.807) is 74.9 Å². The second-order valence-electron chi connectivity index (χ2n) is 15.2. The Morgan fingerprint density at radius 3 is 1.26 bits per heavy atom. The van der Waals surface area contributed by atoms with Crippen molar-refractivity contribution in [2.45, 2.75) is 31.4 Å². The maximum Gasteiger partial charge on any atom is 1.00 e. The first-order valence-electron chi connectivity index (χ1n) is 21.2. The number of ether oxygens (including phenoxy) is 10. The number of aliphatic hydroxyl groups excluding tert-OH is 1. The molecular weight excluding hydrogens is 910 g/mol. The Labute approximate surface area is 432 Å². The summed E-state index contributed by atoms with van der Waals surface area (Å²) in [6.07, 6.45) is -1.20. The molecule has 0 aliphatic carbocycles. The normalized spacial score (nSPS) is 15.6. The number of anilines is 2. The molecule has 2 amide bonds. The number of methoxy groups -OCH3 is 8. The van der Waals surface area contributed by atoms with Crippen LogP contribution < -0.4 is 86.7 Å². The maximum atomic E-state index is 12.7. The number of rotatable bonds is 18. The molecule has 0 unspecified atom stereocenters. The Balaban J connectivity index is 0.000000296. The third-order valence-electron chi connectivity index (χ3n) is 11.4. The molecule has 16 nitrogen and oxygen atoms in total. The van der Waals surface area contributed by atoms with E-state index in [1.807, 2.05) is 60.7 Å². The molecule has 3 atom stereocenters. The van der Waals surface area contributed by atoms with E-state index in [2.05, 4.69) is 0 Å². The number of hydrogen-bond acceptors (Lipinski definition) is 14. The van der Waals surface area contributed by atoms with Crippen LogP contribution in [0.3, 0.4) is 0 Å². The number of aliphatic hydroxyl groups is 1. The molecule has 0 spiro atoms. The number of hydrogen-bond donors (Lipinski definition) is 1. The standard InChI is InChI=1S/C26H27NO7.C26H25NO7.B.Na.H/c2*1-30-19-11-10-17(12-20(19)34-15-16-8-6-5-7-9-16)23-24(28)26(29)27(23)18-13-21(31-2)25(33-4)22(14-18)32-3;;;/h5-14,23-24,28H,15H2,1-4H3;5-14,23H,15H2,1-4H3;;;/q;;;+1;-1/t23-,24+;23-;;;/m00.../s1. The van der Waals surface area contributed by atoms with E-state index in [0.29, 0.717) is 93.2 Å². The van der Waals surface area contributed by atoms with Gasteiger partial charge < -0.3 is 53.9 Å². The van der Waals surface area contributed by atoms with Gasteiger partial charge in [0.05, 0.1) is 74.3 Å². The summed E-state index contributed by atoms with van der Waals surface area (Å²) in [6, 6.07) is 35.2. The fourth-order valence-electron chi connectivity index (χ4n) is 7.91. The van der Waals surface area contributed by atoms with Crippen molar-refractivity contribution in [1.29, 1.82) is 0 Å².